The van der Waals surface area contributed by atoms with E-state index in [4.69, 9.17) is 0 Å². The van der Waals surface area contributed by atoms with Gasteiger partial charge in [-0.25, -0.2) is 0 Å². The Balaban J connectivity index is 3.06. The predicted octanol–water partition coefficient (Wildman–Crippen LogP) is 4.37. The first kappa shape index (κ1) is 14.9. The van der Waals surface area contributed by atoms with Crippen LogP contribution in [0.5, 0.6) is 0 Å². The molecule has 0 fully saturated rings. The van der Waals surface area contributed by atoms with Crippen LogP contribution in [0, 0.1) is 0 Å². The number of allylic oxidation sites excluding steroid dienone is 2. The number of hydrogen-bond acceptors (Lipinski definition) is 2. The van der Waals surface area contributed by atoms with E-state index < -0.39 is 0 Å². The zero-order chi connectivity index (χ0) is 12.1. The van der Waals surface area contributed by atoms with Crippen molar-refractivity contribution in [1.29, 1.82) is 0 Å². The third kappa shape index (κ3) is 11.0. The number of unbranched alkanes of at least 4 members (excludes halogenated alkanes) is 7. The van der Waals surface area contributed by atoms with Gasteiger partial charge in [0.05, 0.1) is 0 Å². The van der Waals surface area contributed by atoms with E-state index in [0.29, 0.717) is 12.2 Å². The Morgan fingerprint density at radius 3 is 2.12 bits per heavy atom. The molecule has 0 spiro atoms. The van der Waals surface area contributed by atoms with Crippen molar-refractivity contribution in [3.05, 3.63) is 25.0 Å². The lowest BCUT2D eigenvalue weighted by Gasteiger charge is -2.03. The van der Waals surface area contributed by atoms with E-state index in [1.54, 1.807) is 0 Å². The van der Waals surface area contributed by atoms with Crippen LogP contribution in [0.1, 0.15) is 57.8 Å². The van der Waals surface area contributed by atoms with Gasteiger partial charge in [0.25, 0.3) is 6.47 Å². The molecule has 0 aromatic heterocycles. The summed E-state index contributed by atoms with van der Waals surface area (Å²) in [6, 6.07) is 0. The van der Waals surface area contributed by atoms with Crippen molar-refractivity contribution in [2.75, 3.05) is 0 Å². The number of ether oxygens (including phenoxy) is 1. The van der Waals surface area contributed by atoms with E-state index >= 15 is 0 Å². The van der Waals surface area contributed by atoms with Crippen LogP contribution >= 0.6 is 0 Å². The Bertz CT molecular complexity index is 197. The van der Waals surface area contributed by atoms with E-state index in [9.17, 15) is 4.79 Å². The van der Waals surface area contributed by atoms with Crippen molar-refractivity contribution in [3.8, 4) is 0 Å². The molecule has 0 N–H and O–H groups in total. The Morgan fingerprint density at radius 1 is 1.00 bits per heavy atom. The zero-order valence-electron chi connectivity index (χ0n) is 10.2. The average Bonchev–Trinajstić information content (AvgIpc) is 2.27. The first-order valence-corrected chi connectivity index (χ1v) is 6.20. The van der Waals surface area contributed by atoms with Gasteiger partial charge in [-0.2, -0.15) is 0 Å². The maximum atomic E-state index is 9.99. The molecule has 0 aromatic carbocycles. The van der Waals surface area contributed by atoms with E-state index in [1.807, 2.05) is 6.08 Å². The second kappa shape index (κ2) is 12.0. The first-order valence-electron chi connectivity index (χ1n) is 6.20. The summed E-state index contributed by atoms with van der Waals surface area (Å²) in [6.45, 7) is 7.80. The molecule has 2 heteroatoms. The Hall–Kier alpha value is -1.05. The summed E-state index contributed by atoms with van der Waals surface area (Å²) in [5.74, 6) is 0.584. The van der Waals surface area contributed by atoms with Gasteiger partial charge in [0, 0.05) is 6.42 Å². The summed E-state index contributed by atoms with van der Waals surface area (Å²) >= 11 is 0. The molecule has 0 aromatic rings. The van der Waals surface area contributed by atoms with Gasteiger partial charge in [0.2, 0.25) is 0 Å². The first-order chi connectivity index (χ1) is 7.81. The summed E-state index contributed by atoms with van der Waals surface area (Å²) in [7, 11) is 0. The van der Waals surface area contributed by atoms with Crippen molar-refractivity contribution in [2.24, 2.45) is 0 Å². The monoisotopic (exact) mass is 224 g/mol. The summed E-state index contributed by atoms with van der Waals surface area (Å²) in [5.41, 5.74) is 0. The largest absolute Gasteiger partial charge is 0.434 e. The summed E-state index contributed by atoms with van der Waals surface area (Å²) < 4.78 is 4.63. The van der Waals surface area contributed by atoms with E-state index in [-0.39, 0.29) is 0 Å². The molecule has 2 nitrogen and oxygen atoms in total. The molecule has 0 aliphatic heterocycles. The molecule has 92 valence electrons. The van der Waals surface area contributed by atoms with Gasteiger partial charge in [-0.3, -0.25) is 4.79 Å². The molecule has 0 saturated heterocycles. The van der Waals surface area contributed by atoms with Crippen LogP contribution in [0.15, 0.2) is 25.0 Å². The highest BCUT2D eigenvalue weighted by atomic mass is 16.5. The summed E-state index contributed by atoms with van der Waals surface area (Å²) in [5, 5.41) is 0. The molecule has 0 saturated carbocycles. The molecular weight excluding hydrogens is 200 g/mol. The lowest BCUT2D eigenvalue weighted by molar-refractivity contribution is -0.125. The van der Waals surface area contributed by atoms with Crippen LogP contribution in [-0.4, -0.2) is 6.47 Å². The van der Waals surface area contributed by atoms with Crippen molar-refractivity contribution in [2.45, 2.75) is 57.8 Å². The molecule has 0 unspecified atom stereocenters. The van der Waals surface area contributed by atoms with E-state index in [2.05, 4.69) is 17.9 Å². The molecular formula is C14H24O2. The van der Waals surface area contributed by atoms with Crippen LogP contribution < -0.4 is 0 Å². The molecule has 0 rings (SSSR count). The highest BCUT2D eigenvalue weighted by Gasteiger charge is 1.95. The maximum absolute atomic E-state index is 9.99. The van der Waals surface area contributed by atoms with Gasteiger partial charge in [-0.15, -0.1) is 6.58 Å². The Kier molecular flexibility index (Phi) is 11.2. The van der Waals surface area contributed by atoms with Crippen LogP contribution in [-0.2, 0) is 9.53 Å². The highest BCUT2D eigenvalue weighted by Crippen LogP contribution is 2.12. The number of hydrogen-bond donors (Lipinski definition) is 0. The molecule has 0 heterocycles. The number of carbonyl (C=O) groups is 1. The normalized spacial score (nSPS) is 9.75. The maximum Gasteiger partial charge on any atom is 0.298 e. The standard InChI is InChI=1S/C14H24O2/c1-3-4-5-6-7-8-9-10-11-12-14(2)16-13-15/h3,13H,1-2,4-12H2. The lowest BCUT2D eigenvalue weighted by Crippen LogP contribution is -1.88. The predicted molar refractivity (Wildman–Crippen MR) is 68.0 cm³/mol. The van der Waals surface area contributed by atoms with Crippen LogP contribution in [0.2, 0.25) is 0 Å². The second-order valence-electron chi connectivity index (χ2n) is 4.05. The quantitative estimate of drug-likeness (QED) is 0.213. The van der Waals surface area contributed by atoms with Gasteiger partial charge in [0.15, 0.2) is 0 Å². The number of carbonyl (C=O) groups excluding carboxylic acids is 1. The van der Waals surface area contributed by atoms with Crippen LogP contribution in [0.25, 0.3) is 0 Å². The molecule has 0 aliphatic rings. The van der Waals surface area contributed by atoms with Gasteiger partial charge in [0.1, 0.15) is 5.76 Å². The number of rotatable bonds is 12. The van der Waals surface area contributed by atoms with Crippen molar-refractivity contribution in [1.82, 2.24) is 0 Å². The van der Waals surface area contributed by atoms with Gasteiger partial charge in [-0.1, -0.05) is 44.8 Å². The topological polar surface area (TPSA) is 26.3 Å². The SMILES string of the molecule is C=CCCCCCCCCCC(=C)OC=O. The van der Waals surface area contributed by atoms with Gasteiger partial charge < -0.3 is 4.74 Å². The molecule has 0 bridgehead atoms. The van der Waals surface area contributed by atoms with Crippen molar-refractivity contribution < 1.29 is 9.53 Å². The molecule has 16 heavy (non-hydrogen) atoms. The summed E-state index contributed by atoms with van der Waals surface area (Å²) in [4.78, 5) is 9.99. The Labute approximate surface area is 99.4 Å². The Morgan fingerprint density at radius 2 is 1.56 bits per heavy atom. The molecule has 0 radical (unpaired) electrons. The smallest absolute Gasteiger partial charge is 0.298 e. The fourth-order valence-corrected chi connectivity index (χ4v) is 1.62. The second-order valence-corrected chi connectivity index (χ2v) is 4.05. The third-order valence-electron chi connectivity index (χ3n) is 2.58. The average molecular weight is 224 g/mol. The van der Waals surface area contributed by atoms with Gasteiger partial charge in [-0.05, 0) is 19.3 Å². The van der Waals surface area contributed by atoms with E-state index in [1.165, 1.54) is 38.5 Å². The molecule has 0 atom stereocenters. The minimum absolute atomic E-state index is 0.446. The minimum atomic E-state index is 0.446. The van der Waals surface area contributed by atoms with Gasteiger partial charge >= 0.3 is 0 Å². The van der Waals surface area contributed by atoms with E-state index in [0.717, 1.165) is 19.3 Å². The lowest BCUT2D eigenvalue weighted by atomic mass is 10.1. The molecule has 0 aliphatic carbocycles. The zero-order valence-corrected chi connectivity index (χ0v) is 10.2. The van der Waals surface area contributed by atoms with Crippen molar-refractivity contribution >= 4 is 6.47 Å². The van der Waals surface area contributed by atoms with Crippen LogP contribution in [0.3, 0.4) is 0 Å². The fourth-order valence-electron chi connectivity index (χ4n) is 1.62. The van der Waals surface area contributed by atoms with Crippen molar-refractivity contribution in [3.63, 3.8) is 0 Å². The minimum Gasteiger partial charge on any atom is -0.434 e. The highest BCUT2D eigenvalue weighted by molar-refractivity contribution is 5.39. The fraction of sp³-hybridized carbons (Fsp3) is 0.643. The molecule has 0 amide bonds. The van der Waals surface area contributed by atoms with Crippen LogP contribution in [0.4, 0.5) is 0 Å². The third-order valence-corrected chi connectivity index (χ3v) is 2.58. The summed E-state index contributed by atoms with van der Waals surface area (Å²) in [6.07, 6.45) is 12.7.